The van der Waals surface area contributed by atoms with Gasteiger partial charge in [0.1, 0.15) is 23.0 Å². The zero-order chi connectivity index (χ0) is 31.1. The standard InChI is InChI=1S/C11H11NO3.2C11H15NO2/c1-2-15-8-4-3-7-5-10(12-14)11(13)9(7)6-8;2*1-2-14-8-4-3-7-5-10(12)11(13)9(7)6-8/h3-4,6,14H,2,5H2,1H3;2*3-4,6,10-11,13H,2,5,12H2,1H3/b12-10+;;/t;10-,11?;10-,11-/m.01/s1. The van der Waals surface area contributed by atoms with Gasteiger partial charge in [0.05, 0.1) is 32.0 Å². The van der Waals surface area contributed by atoms with Gasteiger partial charge in [-0.3, -0.25) is 4.79 Å². The first-order chi connectivity index (χ1) is 20.7. The molecule has 0 spiro atoms. The number of ether oxygens (including phenoxy) is 3. The number of hydrogen-bond donors (Lipinski definition) is 5. The van der Waals surface area contributed by atoms with Crippen molar-refractivity contribution >= 4 is 11.5 Å². The fraction of sp³-hybridized carbons (Fsp3) is 0.394. The summed E-state index contributed by atoms with van der Waals surface area (Å²) in [5, 5.41) is 31.1. The van der Waals surface area contributed by atoms with Crippen molar-refractivity contribution in [3.8, 4) is 17.2 Å². The van der Waals surface area contributed by atoms with Crippen molar-refractivity contribution in [2.75, 3.05) is 19.8 Å². The van der Waals surface area contributed by atoms with E-state index in [1.807, 2.05) is 69.3 Å². The van der Waals surface area contributed by atoms with E-state index < -0.39 is 12.2 Å². The number of oxime groups is 1. The highest BCUT2D eigenvalue weighted by atomic mass is 16.5. The van der Waals surface area contributed by atoms with E-state index in [1.54, 1.807) is 6.07 Å². The number of carbonyl (C=O) groups excluding carboxylic acids is 1. The van der Waals surface area contributed by atoms with E-state index in [2.05, 4.69) is 5.16 Å². The Morgan fingerprint density at radius 2 is 1.14 bits per heavy atom. The van der Waals surface area contributed by atoms with Gasteiger partial charge < -0.3 is 41.1 Å². The molecule has 0 fully saturated rings. The number of nitrogens with zero attached hydrogens (tertiary/aromatic N) is 1. The number of aliphatic hydroxyl groups excluding tert-OH is 2. The molecule has 3 aliphatic carbocycles. The van der Waals surface area contributed by atoms with E-state index in [9.17, 15) is 15.0 Å². The maximum atomic E-state index is 11.6. The van der Waals surface area contributed by atoms with Crippen molar-refractivity contribution < 1.29 is 34.4 Å². The van der Waals surface area contributed by atoms with Gasteiger partial charge in [0.15, 0.2) is 0 Å². The molecular formula is C33H41N3O7. The largest absolute Gasteiger partial charge is 0.494 e. The zero-order valence-corrected chi connectivity index (χ0v) is 24.8. The molecule has 3 aromatic carbocycles. The lowest BCUT2D eigenvalue weighted by molar-refractivity contribution is 0.106. The van der Waals surface area contributed by atoms with Crippen LogP contribution in [0.4, 0.5) is 0 Å². The molecule has 4 atom stereocenters. The van der Waals surface area contributed by atoms with Crippen LogP contribution in [0.5, 0.6) is 17.2 Å². The number of rotatable bonds is 6. The molecule has 3 aliphatic rings. The van der Waals surface area contributed by atoms with Crippen LogP contribution in [0.1, 0.15) is 71.2 Å². The van der Waals surface area contributed by atoms with Gasteiger partial charge in [-0.1, -0.05) is 23.4 Å². The predicted octanol–water partition coefficient (Wildman–Crippen LogP) is 3.66. The van der Waals surface area contributed by atoms with Gasteiger partial charge in [0.25, 0.3) is 0 Å². The molecule has 0 aromatic heterocycles. The molecule has 6 rings (SSSR count). The highest BCUT2D eigenvalue weighted by Crippen LogP contribution is 2.34. The van der Waals surface area contributed by atoms with Crippen LogP contribution in [0.3, 0.4) is 0 Å². The molecule has 1 unspecified atom stereocenters. The number of aliphatic hydroxyl groups is 2. The third-order valence-electron chi connectivity index (χ3n) is 7.59. The number of carbonyl (C=O) groups is 1. The van der Waals surface area contributed by atoms with Crippen molar-refractivity contribution in [2.45, 2.75) is 64.3 Å². The average Bonchev–Trinajstić information content (AvgIpc) is 3.59. The molecule has 0 heterocycles. The van der Waals surface area contributed by atoms with Crippen LogP contribution in [0.15, 0.2) is 59.8 Å². The fourth-order valence-electron chi connectivity index (χ4n) is 5.45. The van der Waals surface area contributed by atoms with Gasteiger partial charge in [-0.15, -0.1) is 0 Å². The maximum Gasteiger partial charge on any atom is 0.211 e. The number of ketones is 1. The van der Waals surface area contributed by atoms with Crippen LogP contribution < -0.4 is 25.7 Å². The van der Waals surface area contributed by atoms with E-state index in [1.165, 1.54) is 0 Å². The smallest absolute Gasteiger partial charge is 0.211 e. The zero-order valence-electron chi connectivity index (χ0n) is 24.8. The first-order valence-corrected chi connectivity index (χ1v) is 14.6. The van der Waals surface area contributed by atoms with Crippen LogP contribution in [0.2, 0.25) is 0 Å². The summed E-state index contributed by atoms with van der Waals surface area (Å²) < 4.78 is 16.0. The van der Waals surface area contributed by atoms with Crippen LogP contribution in [-0.2, 0) is 19.3 Å². The maximum absolute atomic E-state index is 11.6. The fourth-order valence-corrected chi connectivity index (χ4v) is 5.45. The first kappa shape index (κ1) is 32.0. The van der Waals surface area contributed by atoms with Gasteiger partial charge in [-0.2, -0.15) is 0 Å². The minimum Gasteiger partial charge on any atom is -0.494 e. The molecule has 0 saturated carbocycles. The number of hydrogen-bond acceptors (Lipinski definition) is 10. The van der Waals surface area contributed by atoms with Crippen LogP contribution in [0, 0.1) is 0 Å². The van der Waals surface area contributed by atoms with E-state index in [-0.39, 0.29) is 23.6 Å². The third-order valence-corrected chi connectivity index (χ3v) is 7.59. The summed E-state index contributed by atoms with van der Waals surface area (Å²) in [5.74, 6) is 2.07. The number of nitrogens with two attached hydrogens (primary N) is 2. The quantitative estimate of drug-likeness (QED) is 0.212. The third kappa shape index (κ3) is 7.34. The molecular weight excluding hydrogens is 550 g/mol. The summed E-state index contributed by atoms with van der Waals surface area (Å²) in [4.78, 5) is 11.6. The Hall–Kier alpha value is -3.96. The van der Waals surface area contributed by atoms with Crippen molar-refractivity contribution in [1.29, 1.82) is 0 Å². The number of fused-ring (bicyclic) bond motifs is 3. The normalized spacial score (nSPS) is 22.0. The second-order valence-electron chi connectivity index (χ2n) is 10.5. The lowest BCUT2D eigenvalue weighted by Gasteiger charge is -2.09. The Kier molecular flexibility index (Phi) is 10.8. The topological polar surface area (TPSA) is 170 Å². The molecule has 10 nitrogen and oxygen atoms in total. The number of benzene rings is 3. The van der Waals surface area contributed by atoms with E-state index in [0.717, 1.165) is 52.2 Å². The minimum absolute atomic E-state index is 0.165. The molecule has 3 aromatic rings. The molecule has 230 valence electrons. The molecule has 7 N–H and O–H groups in total. The Morgan fingerprint density at radius 1 is 0.721 bits per heavy atom. The average molecular weight is 592 g/mol. The van der Waals surface area contributed by atoms with Gasteiger partial charge in [-0.05, 0) is 97.8 Å². The van der Waals surface area contributed by atoms with Gasteiger partial charge in [-0.25, -0.2) is 0 Å². The summed E-state index contributed by atoms with van der Waals surface area (Å²) in [6.07, 6.45) is 0.832. The van der Waals surface area contributed by atoms with E-state index >= 15 is 0 Å². The predicted molar refractivity (Wildman–Crippen MR) is 163 cm³/mol. The van der Waals surface area contributed by atoms with E-state index in [0.29, 0.717) is 37.6 Å². The Morgan fingerprint density at radius 3 is 1.56 bits per heavy atom. The highest BCUT2D eigenvalue weighted by Gasteiger charge is 2.29. The Balaban J connectivity index is 0.000000148. The molecule has 0 saturated heterocycles. The molecule has 0 amide bonds. The van der Waals surface area contributed by atoms with Gasteiger partial charge in [0.2, 0.25) is 5.78 Å². The summed E-state index contributed by atoms with van der Waals surface area (Å²) in [6.45, 7) is 7.61. The van der Waals surface area contributed by atoms with Crippen molar-refractivity contribution in [3.05, 3.63) is 88.0 Å². The van der Waals surface area contributed by atoms with Crippen LogP contribution in [0.25, 0.3) is 0 Å². The Bertz CT molecular complexity index is 1390. The lowest BCUT2D eigenvalue weighted by atomic mass is 10.1. The monoisotopic (exact) mass is 591 g/mol. The summed E-state index contributed by atoms with van der Waals surface area (Å²) in [7, 11) is 0. The molecule has 0 aliphatic heterocycles. The summed E-state index contributed by atoms with van der Waals surface area (Å²) in [5.41, 5.74) is 17.3. The minimum atomic E-state index is -0.537. The summed E-state index contributed by atoms with van der Waals surface area (Å²) in [6, 6.07) is 16.6. The molecule has 43 heavy (non-hydrogen) atoms. The van der Waals surface area contributed by atoms with Gasteiger partial charge in [0, 0.05) is 24.1 Å². The lowest BCUT2D eigenvalue weighted by Crippen LogP contribution is -2.24. The second kappa shape index (κ2) is 14.5. The van der Waals surface area contributed by atoms with Crippen LogP contribution in [-0.4, -0.2) is 58.8 Å². The Labute approximate surface area is 251 Å². The van der Waals surface area contributed by atoms with Crippen LogP contribution >= 0.6 is 0 Å². The second-order valence-corrected chi connectivity index (χ2v) is 10.5. The first-order valence-electron chi connectivity index (χ1n) is 14.6. The van der Waals surface area contributed by atoms with Gasteiger partial charge >= 0.3 is 0 Å². The molecule has 0 bridgehead atoms. The highest BCUT2D eigenvalue weighted by molar-refractivity contribution is 6.49. The summed E-state index contributed by atoms with van der Waals surface area (Å²) >= 11 is 0. The van der Waals surface area contributed by atoms with Crippen molar-refractivity contribution in [1.82, 2.24) is 0 Å². The number of Topliss-reactive ketones (excluding diaryl/α,β-unsaturated/α-hetero) is 1. The van der Waals surface area contributed by atoms with Crippen molar-refractivity contribution in [3.63, 3.8) is 0 Å². The SMILES string of the molecule is CCOc1ccc2c(c1)C(=O)/C(=N/O)C2.CCOc1ccc2c(c1)C(O)[C@@H](N)C2.CCOc1ccc2c(c1)[C@@H](O)[C@H](N)C2. The van der Waals surface area contributed by atoms with E-state index in [4.69, 9.17) is 30.9 Å². The molecule has 0 radical (unpaired) electrons. The molecule has 10 heteroatoms. The van der Waals surface area contributed by atoms with Crippen molar-refractivity contribution in [2.24, 2.45) is 16.6 Å².